The molecule has 1 rings (SSSR count). The Hall–Kier alpha value is -0.610. The van der Waals surface area contributed by atoms with Gasteiger partial charge >= 0.3 is 5.97 Å². The van der Waals surface area contributed by atoms with Gasteiger partial charge in [0, 0.05) is 5.92 Å². The van der Waals surface area contributed by atoms with Crippen molar-refractivity contribution >= 4 is 5.97 Å². The summed E-state index contributed by atoms with van der Waals surface area (Å²) in [5, 5.41) is 13.5. The molecule has 1 heterocycles. The van der Waals surface area contributed by atoms with E-state index in [1.54, 1.807) is 6.92 Å². The fraction of sp³-hybridized carbons (Fsp3) is 0.917. The number of piperidine rings is 1. The van der Waals surface area contributed by atoms with Crippen LogP contribution in [0.3, 0.4) is 0 Å². The maximum Gasteiger partial charge on any atom is 0.338 e. The lowest BCUT2D eigenvalue weighted by Gasteiger charge is -2.35. The first-order valence-electron chi connectivity index (χ1n) is 5.90. The van der Waals surface area contributed by atoms with Gasteiger partial charge in [-0.2, -0.15) is 0 Å². The molecule has 0 radical (unpaired) electrons. The number of carbonyl (C=O) groups is 1. The standard InChI is InChI=1S/C12H23NO3/c1-11(2,3)16-10(14)12(4,15)9-5-7-13-8-6-9/h9,13,15H,5-8H2,1-4H3. The number of rotatable bonds is 2. The van der Waals surface area contributed by atoms with Crippen molar-refractivity contribution < 1.29 is 14.6 Å². The zero-order chi connectivity index (χ0) is 12.4. The quantitative estimate of drug-likeness (QED) is 0.696. The van der Waals surface area contributed by atoms with Gasteiger partial charge in [0.05, 0.1) is 0 Å². The highest BCUT2D eigenvalue weighted by Gasteiger charge is 2.42. The first kappa shape index (κ1) is 13.5. The predicted molar refractivity (Wildman–Crippen MR) is 62.1 cm³/mol. The minimum Gasteiger partial charge on any atom is -0.458 e. The fourth-order valence-electron chi connectivity index (χ4n) is 1.93. The van der Waals surface area contributed by atoms with E-state index < -0.39 is 17.2 Å². The Labute approximate surface area is 97.4 Å². The van der Waals surface area contributed by atoms with Crippen molar-refractivity contribution in [2.24, 2.45) is 5.92 Å². The molecule has 1 aliphatic rings. The summed E-state index contributed by atoms with van der Waals surface area (Å²) in [7, 11) is 0. The number of carbonyl (C=O) groups excluding carboxylic acids is 1. The van der Waals surface area contributed by atoms with Gasteiger partial charge < -0.3 is 15.2 Å². The molecule has 1 aliphatic heterocycles. The highest BCUT2D eigenvalue weighted by Crippen LogP contribution is 2.28. The van der Waals surface area contributed by atoms with Crippen molar-refractivity contribution in [2.75, 3.05) is 13.1 Å². The van der Waals surface area contributed by atoms with Gasteiger partial charge in [0.2, 0.25) is 0 Å². The topological polar surface area (TPSA) is 58.6 Å². The second-order valence-corrected chi connectivity index (χ2v) is 5.67. The van der Waals surface area contributed by atoms with Crippen LogP contribution in [0.1, 0.15) is 40.5 Å². The molecular formula is C12H23NO3. The predicted octanol–water partition coefficient (Wildman–Crippen LogP) is 1.08. The number of nitrogens with one attached hydrogen (secondary N) is 1. The molecule has 0 spiro atoms. The molecule has 1 saturated heterocycles. The molecule has 0 amide bonds. The van der Waals surface area contributed by atoms with Gasteiger partial charge in [0.1, 0.15) is 5.60 Å². The molecule has 0 aromatic rings. The maximum atomic E-state index is 11.9. The van der Waals surface area contributed by atoms with Crippen molar-refractivity contribution in [2.45, 2.75) is 51.7 Å². The van der Waals surface area contributed by atoms with Crippen LogP contribution < -0.4 is 5.32 Å². The van der Waals surface area contributed by atoms with E-state index >= 15 is 0 Å². The average Bonchev–Trinajstić information content (AvgIpc) is 2.16. The van der Waals surface area contributed by atoms with Crippen molar-refractivity contribution in [3.8, 4) is 0 Å². The van der Waals surface area contributed by atoms with E-state index in [2.05, 4.69) is 5.32 Å². The second-order valence-electron chi connectivity index (χ2n) is 5.67. The molecule has 0 bridgehead atoms. The molecule has 0 aliphatic carbocycles. The van der Waals surface area contributed by atoms with Crippen LogP contribution in [0.15, 0.2) is 0 Å². The number of ether oxygens (including phenoxy) is 1. The highest BCUT2D eigenvalue weighted by molar-refractivity contribution is 5.79. The van der Waals surface area contributed by atoms with Crippen LogP contribution in [-0.2, 0) is 9.53 Å². The molecule has 16 heavy (non-hydrogen) atoms. The third kappa shape index (κ3) is 3.46. The van der Waals surface area contributed by atoms with E-state index in [4.69, 9.17) is 4.74 Å². The monoisotopic (exact) mass is 229 g/mol. The minimum atomic E-state index is -1.37. The lowest BCUT2D eigenvalue weighted by molar-refractivity contribution is -0.182. The van der Waals surface area contributed by atoms with E-state index in [-0.39, 0.29) is 5.92 Å². The lowest BCUT2D eigenvalue weighted by atomic mass is 9.82. The smallest absolute Gasteiger partial charge is 0.338 e. The Balaban J connectivity index is 2.64. The summed E-state index contributed by atoms with van der Waals surface area (Å²) in [5.41, 5.74) is -1.91. The Morgan fingerprint density at radius 3 is 2.19 bits per heavy atom. The largest absolute Gasteiger partial charge is 0.458 e. The van der Waals surface area contributed by atoms with Gasteiger partial charge in [-0.25, -0.2) is 4.79 Å². The SMILES string of the molecule is CC(C)(C)OC(=O)C(C)(O)C1CCNCC1. The number of hydrogen-bond donors (Lipinski definition) is 2. The Bertz CT molecular complexity index is 249. The zero-order valence-corrected chi connectivity index (χ0v) is 10.7. The van der Waals surface area contributed by atoms with Gasteiger partial charge in [-0.1, -0.05) is 0 Å². The summed E-state index contributed by atoms with van der Waals surface area (Å²) in [4.78, 5) is 11.9. The van der Waals surface area contributed by atoms with Gasteiger partial charge in [-0.05, 0) is 53.6 Å². The molecule has 94 valence electrons. The summed E-state index contributed by atoms with van der Waals surface area (Å²) in [6.45, 7) is 8.69. The van der Waals surface area contributed by atoms with Crippen molar-refractivity contribution in [1.29, 1.82) is 0 Å². The molecule has 4 nitrogen and oxygen atoms in total. The van der Waals surface area contributed by atoms with E-state index in [1.165, 1.54) is 0 Å². The summed E-state index contributed by atoms with van der Waals surface area (Å²) in [5.74, 6) is -0.518. The molecule has 0 saturated carbocycles. The Morgan fingerprint density at radius 1 is 1.25 bits per heavy atom. The first-order valence-corrected chi connectivity index (χ1v) is 5.90. The second kappa shape index (κ2) is 4.72. The van der Waals surface area contributed by atoms with Crippen LogP contribution in [0.25, 0.3) is 0 Å². The molecule has 2 N–H and O–H groups in total. The van der Waals surface area contributed by atoms with Gasteiger partial charge in [-0.15, -0.1) is 0 Å². The van der Waals surface area contributed by atoms with E-state index in [9.17, 15) is 9.90 Å². The Kier molecular flexibility index (Phi) is 3.97. The minimum absolute atomic E-state index is 0.0106. The van der Waals surface area contributed by atoms with Crippen LogP contribution >= 0.6 is 0 Å². The van der Waals surface area contributed by atoms with E-state index in [1.807, 2.05) is 20.8 Å². The van der Waals surface area contributed by atoms with Crippen molar-refractivity contribution in [3.63, 3.8) is 0 Å². The summed E-state index contributed by atoms with van der Waals surface area (Å²) >= 11 is 0. The molecule has 1 atom stereocenters. The van der Waals surface area contributed by atoms with Crippen LogP contribution in [0.4, 0.5) is 0 Å². The first-order chi connectivity index (χ1) is 7.23. The number of hydrogen-bond acceptors (Lipinski definition) is 4. The average molecular weight is 229 g/mol. The molecule has 0 aromatic heterocycles. The van der Waals surface area contributed by atoms with E-state index in [0.717, 1.165) is 25.9 Å². The summed E-state index contributed by atoms with van der Waals surface area (Å²) in [6, 6.07) is 0. The van der Waals surface area contributed by atoms with Gasteiger partial charge in [-0.3, -0.25) is 0 Å². The van der Waals surface area contributed by atoms with E-state index in [0.29, 0.717) is 0 Å². The van der Waals surface area contributed by atoms with Gasteiger partial charge in [0.25, 0.3) is 0 Å². The third-order valence-electron chi connectivity index (χ3n) is 2.95. The third-order valence-corrected chi connectivity index (χ3v) is 2.95. The normalized spacial score (nSPS) is 22.6. The molecule has 1 unspecified atom stereocenters. The van der Waals surface area contributed by atoms with Crippen LogP contribution in [-0.4, -0.2) is 35.4 Å². The molecule has 4 heteroatoms. The van der Waals surface area contributed by atoms with Gasteiger partial charge in [0.15, 0.2) is 5.60 Å². The molecule has 0 aromatic carbocycles. The molecule has 1 fully saturated rings. The molecular weight excluding hydrogens is 206 g/mol. The zero-order valence-electron chi connectivity index (χ0n) is 10.7. The highest BCUT2D eigenvalue weighted by atomic mass is 16.6. The lowest BCUT2D eigenvalue weighted by Crippen LogP contribution is -2.49. The van der Waals surface area contributed by atoms with Crippen LogP contribution in [0.2, 0.25) is 0 Å². The Morgan fingerprint density at radius 2 is 1.75 bits per heavy atom. The van der Waals surface area contributed by atoms with Crippen LogP contribution in [0, 0.1) is 5.92 Å². The number of aliphatic hydroxyl groups is 1. The number of esters is 1. The summed E-state index contributed by atoms with van der Waals surface area (Å²) < 4.78 is 5.25. The fourth-order valence-corrected chi connectivity index (χ4v) is 1.93. The summed E-state index contributed by atoms with van der Waals surface area (Å²) in [6.07, 6.45) is 1.62. The van der Waals surface area contributed by atoms with Crippen LogP contribution in [0.5, 0.6) is 0 Å². The van der Waals surface area contributed by atoms with Crippen molar-refractivity contribution in [3.05, 3.63) is 0 Å². The van der Waals surface area contributed by atoms with Crippen molar-refractivity contribution in [1.82, 2.24) is 5.32 Å². The maximum absolute atomic E-state index is 11.9.